The highest BCUT2D eigenvalue weighted by molar-refractivity contribution is 7.99. The van der Waals surface area contributed by atoms with Gasteiger partial charge in [0.15, 0.2) is 0 Å². The molecular weight excluding hydrogens is 218 g/mol. The van der Waals surface area contributed by atoms with Crippen LogP contribution in [0.15, 0.2) is 24.3 Å². The van der Waals surface area contributed by atoms with Gasteiger partial charge in [-0.3, -0.25) is 0 Å². The molecule has 0 amide bonds. The van der Waals surface area contributed by atoms with Gasteiger partial charge in [-0.2, -0.15) is 11.8 Å². The fourth-order valence-electron chi connectivity index (χ4n) is 1.59. The van der Waals surface area contributed by atoms with Crippen LogP contribution in [-0.2, 0) is 0 Å². The summed E-state index contributed by atoms with van der Waals surface area (Å²) in [5, 5.41) is 0.380. The molecular formula is C13H21NOS. The molecule has 0 spiro atoms. The maximum absolute atomic E-state index is 6.03. The fraction of sp³-hybridized carbons (Fsp3) is 0.538. The van der Waals surface area contributed by atoms with Crippen LogP contribution in [0.4, 0.5) is 0 Å². The van der Waals surface area contributed by atoms with E-state index in [1.54, 1.807) is 7.11 Å². The van der Waals surface area contributed by atoms with Crippen molar-refractivity contribution in [3.8, 4) is 5.75 Å². The van der Waals surface area contributed by atoms with Gasteiger partial charge in [0.25, 0.3) is 0 Å². The summed E-state index contributed by atoms with van der Waals surface area (Å²) in [6, 6.07) is 8.38. The highest BCUT2D eigenvalue weighted by atomic mass is 32.2. The topological polar surface area (TPSA) is 35.2 Å². The summed E-state index contributed by atoms with van der Waals surface area (Å²) in [5.41, 5.74) is 7.31. The number of benzene rings is 1. The number of rotatable bonds is 6. The first-order valence-corrected chi connectivity index (χ1v) is 6.75. The predicted molar refractivity (Wildman–Crippen MR) is 72.1 cm³/mol. The Balaban J connectivity index is 2.75. The summed E-state index contributed by atoms with van der Waals surface area (Å²) in [5.74, 6) is 2.05. The summed E-state index contributed by atoms with van der Waals surface area (Å²) >= 11 is 1.93. The molecule has 90 valence electrons. The van der Waals surface area contributed by atoms with Gasteiger partial charge in [0.1, 0.15) is 5.75 Å². The standard InChI is InChI=1S/C13H21NOS/c1-4-9-16-13(10(2)14)11-5-7-12(15-3)8-6-11/h5-8,10,13H,4,9,14H2,1-3H3. The fourth-order valence-corrected chi connectivity index (χ4v) is 2.73. The zero-order valence-corrected chi connectivity index (χ0v) is 11.1. The molecule has 16 heavy (non-hydrogen) atoms. The number of thioether (sulfide) groups is 1. The zero-order chi connectivity index (χ0) is 12.0. The first-order chi connectivity index (χ1) is 7.69. The molecule has 1 aromatic carbocycles. The SMILES string of the molecule is CCCSC(c1ccc(OC)cc1)C(C)N. The first-order valence-electron chi connectivity index (χ1n) is 5.70. The van der Waals surface area contributed by atoms with Crippen molar-refractivity contribution in [1.82, 2.24) is 0 Å². The van der Waals surface area contributed by atoms with E-state index in [2.05, 4.69) is 26.0 Å². The number of hydrogen-bond donors (Lipinski definition) is 1. The molecule has 0 aliphatic carbocycles. The highest BCUT2D eigenvalue weighted by Crippen LogP contribution is 2.32. The molecule has 0 fully saturated rings. The van der Waals surface area contributed by atoms with Crippen LogP contribution in [0.1, 0.15) is 31.1 Å². The van der Waals surface area contributed by atoms with Crippen molar-refractivity contribution >= 4 is 11.8 Å². The van der Waals surface area contributed by atoms with Crippen LogP contribution in [0.25, 0.3) is 0 Å². The summed E-state index contributed by atoms with van der Waals surface area (Å²) in [6.45, 7) is 4.26. The zero-order valence-electron chi connectivity index (χ0n) is 10.3. The highest BCUT2D eigenvalue weighted by Gasteiger charge is 2.16. The minimum absolute atomic E-state index is 0.171. The molecule has 0 bridgehead atoms. The van der Waals surface area contributed by atoms with E-state index in [1.165, 1.54) is 12.0 Å². The average Bonchev–Trinajstić information content (AvgIpc) is 2.30. The van der Waals surface area contributed by atoms with Crippen LogP contribution in [-0.4, -0.2) is 18.9 Å². The molecule has 0 saturated carbocycles. The molecule has 2 atom stereocenters. The van der Waals surface area contributed by atoms with Crippen molar-refractivity contribution in [3.05, 3.63) is 29.8 Å². The van der Waals surface area contributed by atoms with Gasteiger partial charge in [-0.05, 0) is 36.8 Å². The second-order valence-corrected chi connectivity index (χ2v) is 5.17. The largest absolute Gasteiger partial charge is 0.497 e. The Morgan fingerprint density at radius 1 is 1.31 bits per heavy atom. The molecule has 0 aliphatic heterocycles. The lowest BCUT2D eigenvalue weighted by Gasteiger charge is -2.20. The number of hydrogen-bond acceptors (Lipinski definition) is 3. The number of nitrogens with two attached hydrogens (primary N) is 1. The van der Waals surface area contributed by atoms with Gasteiger partial charge in [0.2, 0.25) is 0 Å². The van der Waals surface area contributed by atoms with E-state index in [-0.39, 0.29) is 6.04 Å². The smallest absolute Gasteiger partial charge is 0.118 e. The van der Waals surface area contributed by atoms with Crippen LogP contribution in [0, 0.1) is 0 Å². The summed E-state index contributed by atoms with van der Waals surface area (Å²) in [6.07, 6.45) is 1.18. The normalized spacial score (nSPS) is 14.5. The quantitative estimate of drug-likeness (QED) is 0.828. The summed E-state index contributed by atoms with van der Waals surface area (Å²) < 4.78 is 5.15. The van der Waals surface area contributed by atoms with Crippen molar-refractivity contribution in [3.63, 3.8) is 0 Å². The molecule has 2 N–H and O–H groups in total. The second-order valence-electron chi connectivity index (χ2n) is 3.92. The molecule has 1 rings (SSSR count). The Hall–Kier alpha value is -0.670. The molecule has 3 heteroatoms. The third-order valence-electron chi connectivity index (χ3n) is 2.42. The predicted octanol–water partition coefficient (Wildman–Crippen LogP) is 3.23. The lowest BCUT2D eigenvalue weighted by atomic mass is 10.1. The summed E-state index contributed by atoms with van der Waals surface area (Å²) in [4.78, 5) is 0. The molecule has 0 aliphatic rings. The second kappa shape index (κ2) is 6.81. The molecule has 0 heterocycles. The van der Waals surface area contributed by atoms with E-state index in [9.17, 15) is 0 Å². The van der Waals surface area contributed by atoms with Gasteiger partial charge in [-0.1, -0.05) is 19.1 Å². The van der Waals surface area contributed by atoms with Crippen LogP contribution in [0.5, 0.6) is 5.75 Å². The molecule has 0 radical (unpaired) electrons. The Morgan fingerprint density at radius 3 is 2.38 bits per heavy atom. The van der Waals surface area contributed by atoms with E-state index in [4.69, 9.17) is 10.5 Å². The average molecular weight is 239 g/mol. The molecule has 0 aromatic heterocycles. The van der Waals surface area contributed by atoms with E-state index in [1.807, 2.05) is 23.9 Å². The summed E-state index contributed by atoms with van der Waals surface area (Å²) in [7, 11) is 1.68. The monoisotopic (exact) mass is 239 g/mol. The third kappa shape index (κ3) is 3.72. The minimum atomic E-state index is 0.171. The van der Waals surface area contributed by atoms with Gasteiger partial charge in [-0.15, -0.1) is 0 Å². The van der Waals surface area contributed by atoms with Gasteiger partial charge >= 0.3 is 0 Å². The van der Waals surface area contributed by atoms with Crippen molar-refractivity contribution in [2.24, 2.45) is 5.73 Å². The number of ether oxygens (including phenoxy) is 1. The molecule has 2 nitrogen and oxygen atoms in total. The molecule has 2 unspecified atom stereocenters. The number of methoxy groups -OCH3 is 1. The van der Waals surface area contributed by atoms with Crippen molar-refractivity contribution in [2.45, 2.75) is 31.6 Å². The van der Waals surface area contributed by atoms with Gasteiger partial charge in [-0.25, -0.2) is 0 Å². The maximum Gasteiger partial charge on any atom is 0.118 e. The van der Waals surface area contributed by atoms with E-state index in [0.717, 1.165) is 11.5 Å². The minimum Gasteiger partial charge on any atom is -0.497 e. The Morgan fingerprint density at radius 2 is 1.94 bits per heavy atom. The van der Waals surface area contributed by atoms with Crippen LogP contribution in [0.3, 0.4) is 0 Å². The van der Waals surface area contributed by atoms with Crippen molar-refractivity contribution in [1.29, 1.82) is 0 Å². The van der Waals surface area contributed by atoms with Gasteiger partial charge in [0.05, 0.1) is 7.11 Å². The van der Waals surface area contributed by atoms with Crippen molar-refractivity contribution < 1.29 is 4.74 Å². The first kappa shape index (κ1) is 13.4. The molecule has 1 aromatic rings. The van der Waals surface area contributed by atoms with Gasteiger partial charge < -0.3 is 10.5 Å². The van der Waals surface area contributed by atoms with Crippen LogP contribution < -0.4 is 10.5 Å². The Labute approximate surface area is 103 Å². The Kier molecular flexibility index (Phi) is 5.71. The van der Waals surface area contributed by atoms with Crippen LogP contribution >= 0.6 is 11.8 Å². The lowest BCUT2D eigenvalue weighted by molar-refractivity contribution is 0.414. The third-order valence-corrected chi connectivity index (χ3v) is 4.13. The maximum atomic E-state index is 6.03. The Bertz CT molecular complexity index is 297. The lowest BCUT2D eigenvalue weighted by Crippen LogP contribution is -2.22. The van der Waals surface area contributed by atoms with Gasteiger partial charge in [0, 0.05) is 11.3 Å². The molecule has 0 saturated heterocycles. The van der Waals surface area contributed by atoms with Crippen molar-refractivity contribution in [2.75, 3.05) is 12.9 Å². The van der Waals surface area contributed by atoms with E-state index < -0.39 is 0 Å². The van der Waals surface area contributed by atoms with E-state index in [0.29, 0.717) is 5.25 Å². The van der Waals surface area contributed by atoms with E-state index >= 15 is 0 Å². The van der Waals surface area contributed by atoms with Crippen LogP contribution in [0.2, 0.25) is 0 Å².